The van der Waals surface area contributed by atoms with Gasteiger partial charge in [-0.3, -0.25) is 9.36 Å². The highest BCUT2D eigenvalue weighted by atomic mass is 35.5. The van der Waals surface area contributed by atoms with Crippen molar-refractivity contribution in [3.05, 3.63) is 69.8 Å². The van der Waals surface area contributed by atoms with Crippen LogP contribution >= 0.6 is 23.4 Å². The molecule has 0 radical (unpaired) electrons. The zero-order valence-electron chi connectivity index (χ0n) is 17.6. The molecule has 10 nitrogen and oxygen atoms in total. The quantitative estimate of drug-likeness (QED) is 0.380. The van der Waals surface area contributed by atoms with Gasteiger partial charge in [-0.25, -0.2) is 24.7 Å². The van der Waals surface area contributed by atoms with Gasteiger partial charge in [0.05, 0.1) is 41.9 Å². The maximum atomic E-state index is 12.8. The summed E-state index contributed by atoms with van der Waals surface area (Å²) in [6, 6.07) is 8.17. The van der Waals surface area contributed by atoms with Gasteiger partial charge in [0.15, 0.2) is 5.69 Å². The van der Waals surface area contributed by atoms with Crippen LogP contribution in [0, 0.1) is 11.3 Å². The number of thioether (sulfide) groups is 1. The van der Waals surface area contributed by atoms with Crippen LogP contribution in [0.4, 0.5) is 0 Å². The van der Waals surface area contributed by atoms with Crippen LogP contribution in [-0.2, 0) is 6.54 Å². The number of hydrogen-bond acceptors (Lipinski definition) is 9. The minimum atomic E-state index is -1.19. The molecule has 12 heteroatoms. The Kier molecular flexibility index (Phi) is 6.72. The van der Waals surface area contributed by atoms with E-state index >= 15 is 0 Å². The van der Waals surface area contributed by atoms with Crippen molar-refractivity contribution in [1.82, 2.24) is 24.5 Å². The Bertz CT molecular complexity index is 1520. The SMILES string of the molecule is CSc1ncc(-c2cc(Cl)ccc2OCCn2cnc3cnc(C#N)cc3c2=O)nc1C(=O)O. The predicted octanol–water partition coefficient (Wildman–Crippen LogP) is 3.27. The number of ether oxygens (including phenoxy) is 1. The van der Waals surface area contributed by atoms with E-state index in [1.54, 1.807) is 24.5 Å². The molecule has 0 bridgehead atoms. The molecule has 0 unspecified atom stereocenters. The van der Waals surface area contributed by atoms with E-state index in [4.69, 9.17) is 21.6 Å². The summed E-state index contributed by atoms with van der Waals surface area (Å²) in [5.41, 5.74) is 0.769. The zero-order valence-corrected chi connectivity index (χ0v) is 19.2. The molecule has 0 atom stereocenters. The first-order valence-electron chi connectivity index (χ1n) is 9.73. The van der Waals surface area contributed by atoms with Gasteiger partial charge in [-0.15, -0.1) is 11.8 Å². The molecule has 34 heavy (non-hydrogen) atoms. The molecular weight excluding hydrogens is 480 g/mol. The molecule has 4 rings (SSSR count). The second kappa shape index (κ2) is 9.86. The third-order valence-corrected chi connectivity index (χ3v) is 5.69. The Labute approximate surface area is 201 Å². The molecule has 3 heterocycles. The minimum Gasteiger partial charge on any atom is -0.491 e. The molecular formula is C22H15ClN6O4S. The fourth-order valence-corrected chi connectivity index (χ4v) is 3.82. The summed E-state index contributed by atoms with van der Waals surface area (Å²) in [6.45, 7) is 0.269. The van der Waals surface area contributed by atoms with Gasteiger partial charge in [-0.2, -0.15) is 5.26 Å². The maximum absolute atomic E-state index is 12.8. The fraction of sp³-hybridized carbons (Fsp3) is 0.136. The van der Waals surface area contributed by atoms with Crippen LogP contribution in [0.25, 0.3) is 22.2 Å². The van der Waals surface area contributed by atoms with Crippen molar-refractivity contribution < 1.29 is 14.6 Å². The average Bonchev–Trinajstić information content (AvgIpc) is 2.85. The molecule has 0 aliphatic carbocycles. The zero-order chi connectivity index (χ0) is 24.2. The normalized spacial score (nSPS) is 10.7. The molecule has 4 aromatic rings. The molecule has 3 aromatic heterocycles. The van der Waals surface area contributed by atoms with Crippen LogP contribution < -0.4 is 10.3 Å². The topological polar surface area (TPSA) is 144 Å². The summed E-state index contributed by atoms with van der Waals surface area (Å²) < 4.78 is 7.26. The largest absolute Gasteiger partial charge is 0.491 e. The number of hydrogen-bond donors (Lipinski definition) is 1. The number of nitrogens with zero attached hydrogens (tertiary/aromatic N) is 6. The summed E-state index contributed by atoms with van der Waals surface area (Å²) in [7, 11) is 0. The molecule has 170 valence electrons. The minimum absolute atomic E-state index is 0.0973. The third-order valence-electron chi connectivity index (χ3n) is 4.77. The molecule has 0 fully saturated rings. The van der Waals surface area contributed by atoms with E-state index in [9.17, 15) is 14.7 Å². The van der Waals surface area contributed by atoms with Crippen molar-refractivity contribution in [2.75, 3.05) is 12.9 Å². The molecule has 1 N–H and O–H groups in total. The lowest BCUT2D eigenvalue weighted by Gasteiger charge is -2.13. The Balaban J connectivity index is 1.60. The number of carboxylic acids is 1. The molecule has 0 amide bonds. The number of pyridine rings is 1. The smallest absolute Gasteiger partial charge is 0.357 e. The Morgan fingerprint density at radius 2 is 2.09 bits per heavy atom. The molecule has 0 saturated carbocycles. The first-order chi connectivity index (χ1) is 16.4. The van der Waals surface area contributed by atoms with Crippen LogP contribution in [0.5, 0.6) is 5.75 Å². The van der Waals surface area contributed by atoms with Crippen molar-refractivity contribution in [2.24, 2.45) is 0 Å². The number of aromatic carboxylic acids is 1. The van der Waals surface area contributed by atoms with E-state index < -0.39 is 5.97 Å². The van der Waals surface area contributed by atoms with Crippen molar-refractivity contribution in [1.29, 1.82) is 5.26 Å². The molecule has 0 aliphatic heterocycles. The van der Waals surface area contributed by atoms with Gasteiger partial charge in [0, 0.05) is 10.6 Å². The Morgan fingerprint density at radius 1 is 1.26 bits per heavy atom. The highest BCUT2D eigenvalue weighted by molar-refractivity contribution is 7.98. The first kappa shape index (κ1) is 23.2. The van der Waals surface area contributed by atoms with E-state index in [-0.39, 0.29) is 41.2 Å². The summed E-state index contributed by atoms with van der Waals surface area (Å²) in [5, 5.41) is 19.5. The lowest BCUT2D eigenvalue weighted by molar-refractivity contribution is 0.0685. The van der Waals surface area contributed by atoms with Crippen molar-refractivity contribution in [2.45, 2.75) is 11.6 Å². The standard InChI is InChI=1S/C22H15ClN6O4S/c1-34-20-19(22(31)32)28-17(10-26-20)14-6-12(23)2-3-18(14)33-5-4-29-11-27-16-9-25-13(8-24)7-15(16)21(29)30/h2-3,6-7,9-11H,4-5H2,1H3,(H,31,32). The van der Waals surface area contributed by atoms with Gasteiger partial charge >= 0.3 is 5.97 Å². The number of fused-ring (bicyclic) bond motifs is 1. The molecule has 0 saturated heterocycles. The van der Waals surface area contributed by atoms with Crippen LogP contribution in [0.1, 0.15) is 16.2 Å². The number of rotatable bonds is 7. The van der Waals surface area contributed by atoms with E-state index in [1.165, 1.54) is 41.1 Å². The van der Waals surface area contributed by atoms with Crippen molar-refractivity contribution >= 4 is 40.2 Å². The monoisotopic (exact) mass is 494 g/mol. The number of benzene rings is 1. The predicted molar refractivity (Wildman–Crippen MR) is 125 cm³/mol. The highest BCUT2D eigenvalue weighted by Gasteiger charge is 2.17. The first-order valence-corrected chi connectivity index (χ1v) is 11.3. The van der Waals surface area contributed by atoms with Gasteiger partial charge in [-0.05, 0) is 30.5 Å². The summed E-state index contributed by atoms with van der Waals surface area (Å²) in [5.74, 6) is -0.800. The van der Waals surface area contributed by atoms with Gasteiger partial charge in [-0.1, -0.05) is 11.6 Å². The van der Waals surface area contributed by atoms with Crippen LogP contribution in [0.2, 0.25) is 5.02 Å². The van der Waals surface area contributed by atoms with Gasteiger partial charge < -0.3 is 9.84 Å². The van der Waals surface area contributed by atoms with Crippen molar-refractivity contribution in [3.63, 3.8) is 0 Å². The number of carbonyl (C=O) groups is 1. The van der Waals surface area contributed by atoms with Crippen LogP contribution in [0.15, 0.2) is 52.8 Å². The Hall–Kier alpha value is -4.01. The second-order valence-corrected chi connectivity index (χ2v) is 8.08. The number of aromatic nitrogens is 5. The maximum Gasteiger partial charge on any atom is 0.357 e. The number of halogens is 1. The summed E-state index contributed by atoms with van der Waals surface area (Å²) in [4.78, 5) is 40.9. The lowest BCUT2D eigenvalue weighted by Crippen LogP contribution is -2.23. The summed E-state index contributed by atoms with van der Waals surface area (Å²) >= 11 is 7.33. The van der Waals surface area contributed by atoms with E-state index in [0.717, 1.165) is 0 Å². The molecule has 0 aliphatic rings. The van der Waals surface area contributed by atoms with Crippen molar-refractivity contribution in [3.8, 4) is 23.1 Å². The van der Waals surface area contributed by atoms with E-state index in [1.807, 2.05) is 6.07 Å². The van der Waals surface area contributed by atoms with Gasteiger partial charge in [0.1, 0.15) is 29.1 Å². The summed E-state index contributed by atoms with van der Waals surface area (Å²) in [6.07, 6.45) is 5.93. The highest BCUT2D eigenvalue weighted by Crippen LogP contribution is 2.32. The number of nitriles is 1. The fourth-order valence-electron chi connectivity index (χ4n) is 3.16. The molecule has 1 aromatic carbocycles. The van der Waals surface area contributed by atoms with Gasteiger partial charge in [0.25, 0.3) is 5.56 Å². The third kappa shape index (κ3) is 4.68. The number of carboxylic acid groups (broad SMARTS) is 1. The van der Waals surface area contributed by atoms with Crippen LogP contribution in [0.3, 0.4) is 0 Å². The van der Waals surface area contributed by atoms with E-state index in [2.05, 4.69) is 19.9 Å². The lowest BCUT2D eigenvalue weighted by atomic mass is 10.1. The second-order valence-electron chi connectivity index (χ2n) is 6.85. The van der Waals surface area contributed by atoms with Crippen LogP contribution in [-0.4, -0.2) is 48.4 Å². The Morgan fingerprint density at radius 3 is 2.82 bits per heavy atom. The van der Waals surface area contributed by atoms with Gasteiger partial charge in [0.2, 0.25) is 0 Å². The molecule has 0 spiro atoms. The average molecular weight is 495 g/mol. The van der Waals surface area contributed by atoms with E-state index in [0.29, 0.717) is 26.9 Å².